The van der Waals surface area contributed by atoms with E-state index < -0.39 is 0 Å². The Hall–Kier alpha value is -2.88. The fourth-order valence-corrected chi connectivity index (χ4v) is 4.15. The molecule has 5 rings (SSSR count). The van der Waals surface area contributed by atoms with E-state index in [0.717, 1.165) is 38.9 Å². The maximum absolute atomic E-state index is 6.68. The predicted molar refractivity (Wildman–Crippen MR) is 115 cm³/mol. The number of hydrogen-bond donors (Lipinski definition) is 2. The van der Waals surface area contributed by atoms with Gasteiger partial charge >= 0.3 is 0 Å². The van der Waals surface area contributed by atoms with Crippen molar-refractivity contribution in [1.29, 1.82) is 0 Å². The Bertz CT molecular complexity index is 1170. The molecule has 0 spiro atoms. The van der Waals surface area contributed by atoms with Crippen LogP contribution in [0, 0.1) is 0 Å². The minimum Gasteiger partial charge on any atom is -0.344 e. The van der Waals surface area contributed by atoms with Crippen LogP contribution in [0.3, 0.4) is 0 Å². The Balaban J connectivity index is 1.88. The summed E-state index contributed by atoms with van der Waals surface area (Å²) in [6.45, 7) is 0. The van der Waals surface area contributed by atoms with Crippen LogP contribution in [0.2, 0.25) is 10.3 Å². The first kappa shape index (κ1) is 16.3. The van der Waals surface area contributed by atoms with Gasteiger partial charge in [-0.25, -0.2) is 0 Å². The van der Waals surface area contributed by atoms with E-state index in [0.29, 0.717) is 10.3 Å². The molecule has 5 aromatic rings. The smallest absolute Gasteiger partial charge is 0.131 e. The van der Waals surface area contributed by atoms with E-state index in [1.165, 1.54) is 0 Å². The van der Waals surface area contributed by atoms with Gasteiger partial charge in [-0.15, -0.1) is 0 Å². The zero-order chi connectivity index (χ0) is 18.4. The van der Waals surface area contributed by atoms with Crippen molar-refractivity contribution < 1.29 is 0 Å². The molecule has 2 N–H and O–H groups in total. The van der Waals surface area contributed by atoms with Crippen molar-refractivity contribution in [3.63, 3.8) is 0 Å². The number of para-hydroxylation sites is 3. The van der Waals surface area contributed by atoms with E-state index in [1.54, 1.807) is 0 Å². The molecule has 3 nitrogen and oxygen atoms in total. The Labute approximate surface area is 166 Å². The molecule has 0 bridgehead atoms. The van der Waals surface area contributed by atoms with Crippen molar-refractivity contribution in [1.82, 2.24) is 9.97 Å². The van der Waals surface area contributed by atoms with Crippen LogP contribution < -0.4 is 4.90 Å². The Kier molecular flexibility index (Phi) is 3.85. The number of aromatic amines is 2. The lowest BCUT2D eigenvalue weighted by atomic mass is 10.1. The normalized spacial score (nSPS) is 11.3. The number of nitrogens with one attached hydrogen (secondary N) is 2. The minimum atomic E-state index is 0.571. The molecule has 0 radical (unpaired) electrons. The summed E-state index contributed by atoms with van der Waals surface area (Å²) in [6.07, 6.45) is 0. The van der Waals surface area contributed by atoms with Gasteiger partial charge in [0.1, 0.15) is 10.3 Å². The van der Waals surface area contributed by atoms with E-state index in [4.69, 9.17) is 23.2 Å². The number of benzene rings is 3. The highest BCUT2D eigenvalue weighted by Crippen LogP contribution is 2.48. The van der Waals surface area contributed by atoms with Crippen molar-refractivity contribution in [3.05, 3.63) is 89.2 Å². The van der Waals surface area contributed by atoms with Gasteiger partial charge in [0.15, 0.2) is 0 Å². The van der Waals surface area contributed by atoms with Gasteiger partial charge in [-0.1, -0.05) is 77.8 Å². The average molecular weight is 392 g/mol. The van der Waals surface area contributed by atoms with E-state index in [1.807, 2.05) is 54.6 Å². The second-order valence-electron chi connectivity index (χ2n) is 6.34. The number of H-pyrrole nitrogens is 2. The number of fused-ring (bicyclic) bond motifs is 2. The first-order chi connectivity index (χ1) is 13.2. The van der Waals surface area contributed by atoms with Crippen LogP contribution in [-0.2, 0) is 0 Å². The van der Waals surface area contributed by atoms with Gasteiger partial charge in [0.05, 0.1) is 11.4 Å². The number of aromatic nitrogens is 2. The van der Waals surface area contributed by atoms with Gasteiger partial charge in [-0.05, 0) is 24.3 Å². The number of rotatable bonds is 3. The van der Waals surface area contributed by atoms with E-state index in [9.17, 15) is 0 Å². The van der Waals surface area contributed by atoms with Gasteiger partial charge in [-0.3, -0.25) is 0 Å². The molecule has 5 heteroatoms. The third kappa shape index (κ3) is 2.59. The largest absolute Gasteiger partial charge is 0.344 e. The molecule has 0 atom stereocenters. The molecule has 0 amide bonds. The SMILES string of the molecule is Clc1[nH]c2ccccc2c1N(c1ccccc1)c1c(Cl)[nH]c2ccccc12. The first-order valence-electron chi connectivity index (χ1n) is 8.61. The molecule has 0 aliphatic rings. The van der Waals surface area contributed by atoms with Crippen LogP contribution in [0.25, 0.3) is 21.8 Å². The van der Waals surface area contributed by atoms with Gasteiger partial charge in [0, 0.05) is 27.5 Å². The molecular weight excluding hydrogens is 377 g/mol. The van der Waals surface area contributed by atoms with Gasteiger partial charge in [0.25, 0.3) is 0 Å². The van der Waals surface area contributed by atoms with Crippen LogP contribution in [0.5, 0.6) is 0 Å². The monoisotopic (exact) mass is 391 g/mol. The fraction of sp³-hybridized carbons (Fsp3) is 0. The Morgan fingerprint density at radius 1 is 0.556 bits per heavy atom. The third-order valence-corrected chi connectivity index (χ3v) is 5.28. The Morgan fingerprint density at radius 3 is 1.52 bits per heavy atom. The quantitative estimate of drug-likeness (QED) is 0.329. The maximum atomic E-state index is 6.68. The summed E-state index contributed by atoms with van der Waals surface area (Å²) < 4.78 is 0. The van der Waals surface area contributed by atoms with Crippen LogP contribution in [0.4, 0.5) is 17.1 Å². The average Bonchev–Trinajstić information content (AvgIpc) is 3.20. The van der Waals surface area contributed by atoms with Crippen molar-refractivity contribution in [3.8, 4) is 0 Å². The lowest BCUT2D eigenvalue weighted by Gasteiger charge is -2.25. The summed E-state index contributed by atoms with van der Waals surface area (Å²) in [5.41, 5.74) is 4.70. The lowest BCUT2D eigenvalue weighted by molar-refractivity contribution is 1.29. The summed E-state index contributed by atoms with van der Waals surface area (Å²) in [6, 6.07) is 26.3. The van der Waals surface area contributed by atoms with Crippen molar-refractivity contribution >= 4 is 62.1 Å². The highest BCUT2D eigenvalue weighted by molar-refractivity contribution is 6.37. The predicted octanol–water partition coefficient (Wildman–Crippen LogP) is 7.43. The molecule has 3 aromatic carbocycles. The fourth-order valence-electron chi connectivity index (χ4n) is 3.57. The highest BCUT2D eigenvalue weighted by Gasteiger charge is 2.25. The molecule has 0 unspecified atom stereocenters. The molecule has 0 saturated carbocycles. The van der Waals surface area contributed by atoms with Gasteiger partial charge in [-0.2, -0.15) is 0 Å². The van der Waals surface area contributed by atoms with E-state index in [-0.39, 0.29) is 0 Å². The van der Waals surface area contributed by atoms with E-state index in [2.05, 4.69) is 39.1 Å². The summed E-state index contributed by atoms with van der Waals surface area (Å²) in [5, 5.41) is 3.21. The molecule has 132 valence electrons. The molecule has 0 fully saturated rings. The van der Waals surface area contributed by atoms with Crippen LogP contribution >= 0.6 is 23.2 Å². The lowest BCUT2D eigenvalue weighted by Crippen LogP contribution is -2.10. The van der Waals surface area contributed by atoms with Gasteiger partial charge in [0.2, 0.25) is 0 Å². The molecule has 0 aliphatic carbocycles. The third-order valence-electron chi connectivity index (χ3n) is 4.73. The summed E-state index contributed by atoms with van der Waals surface area (Å²) in [5.74, 6) is 0. The highest BCUT2D eigenvalue weighted by atomic mass is 35.5. The molecule has 0 saturated heterocycles. The second-order valence-corrected chi connectivity index (χ2v) is 7.09. The van der Waals surface area contributed by atoms with Crippen LogP contribution in [0.1, 0.15) is 0 Å². The summed E-state index contributed by atoms with van der Waals surface area (Å²) >= 11 is 13.4. The molecule has 0 aliphatic heterocycles. The van der Waals surface area contributed by atoms with E-state index >= 15 is 0 Å². The maximum Gasteiger partial charge on any atom is 0.131 e. The number of hydrogen-bond acceptors (Lipinski definition) is 1. The summed E-state index contributed by atoms with van der Waals surface area (Å²) in [4.78, 5) is 8.67. The minimum absolute atomic E-state index is 0.571. The second kappa shape index (κ2) is 6.38. The molecule has 2 aromatic heterocycles. The number of halogens is 2. The van der Waals surface area contributed by atoms with Crippen molar-refractivity contribution in [2.75, 3.05) is 4.90 Å². The number of nitrogens with zero attached hydrogens (tertiary/aromatic N) is 1. The zero-order valence-corrected chi connectivity index (χ0v) is 15.7. The molecule has 2 heterocycles. The van der Waals surface area contributed by atoms with Crippen molar-refractivity contribution in [2.24, 2.45) is 0 Å². The van der Waals surface area contributed by atoms with Crippen molar-refractivity contribution in [2.45, 2.75) is 0 Å². The number of anilines is 3. The van der Waals surface area contributed by atoms with Crippen LogP contribution in [0.15, 0.2) is 78.9 Å². The zero-order valence-electron chi connectivity index (χ0n) is 14.2. The van der Waals surface area contributed by atoms with Gasteiger partial charge < -0.3 is 14.9 Å². The topological polar surface area (TPSA) is 34.8 Å². The Morgan fingerprint density at radius 2 is 1.00 bits per heavy atom. The van der Waals surface area contributed by atoms with Crippen LogP contribution in [-0.4, -0.2) is 9.97 Å². The molecular formula is C22H15Cl2N3. The standard InChI is InChI=1S/C22H15Cl2N3/c23-21-19(15-10-4-6-12-17(15)25-21)27(14-8-2-1-3-9-14)20-16-11-5-7-13-18(16)26-22(20)24/h1-13,25-26H. The summed E-state index contributed by atoms with van der Waals surface area (Å²) in [7, 11) is 0. The first-order valence-corrected chi connectivity index (χ1v) is 9.37. The molecule has 27 heavy (non-hydrogen) atoms.